The van der Waals surface area contributed by atoms with E-state index in [1.807, 2.05) is 30.5 Å². The largest absolute Gasteiger partial charge is 0.397 e. The van der Waals surface area contributed by atoms with Gasteiger partial charge in [0.2, 0.25) is 0 Å². The highest BCUT2D eigenvalue weighted by Gasteiger charge is 2.02. The number of aromatic nitrogens is 1. The first-order valence-corrected chi connectivity index (χ1v) is 6.45. The van der Waals surface area contributed by atoms with Crippen molar-refractivity contribution in [3.8, 4) is 0 Å². The Bertz CT molecular complexity index is 747. The summed E-state index contributed by atoms with van der Waals surface area (Å²) in [6.07, 6.45) is 1.81. The minimum absolute atomic E-state index is 0.589. The van der Waals surface area contributed by atoms with Crippen molar-refractivity contribution < 1.29 is 0 Å². The molecule has 1 heterocycles. The number of anilines is 3. The number of hydrogen-bond donors (Lipinski definition) is 3. The minimum Gasteiger partial charge on any atom is -0.397 e. The van der Waals surface area contributed by atoms with Crippen LogP contribution in [0.15, 0.2) is 54.7 Å². The highest BCUT2D eigenvalue weighted by molar-refractivity contribution is 5.81. The lowest BCUT2D eigenvalue weighted by molar-refractivity contribution is 1.15. The monoisotopic (exact) mass is 264 g/mol. The Hall–Kier alpha value is -2.75. The van der Waals surface area contributed by atoms with Gasteiger partial charge in [0, 0.05) is 23.8 Å². The van der Waals surface area contributed by atoms with Gasteiger partial charge >= 0.3 is 0 Å². The van der Waals surface area contributed by atoms with Gasteiger partial charge < -0.3 is 16.8 Å². The first-order valence-electron chi connectivity index (χ1n) is 6.45. The molecule has 0 spiro atoms. The molecule has 3 rings (SSSR count). The standard InChI is InChI=1S/C16H16N4/c17-14-7-6-13(9-15(14)18)20-10-12-4-1-3-11-5-2-8-19-16(11)12/h1-9,20H,10,17-18H2. The van der Waals surface area contributed by atoms with Crippen LogP contribution in [0.5, 0.6) is 0 Å². The summed E-state index contributed by atoms with van der Waals surface area (Å²) in [7, 11) is 0. The maximum atomic E-state index is 5.80. The summed E-state index contributed by atoms with van der Waals surface area (Å²) in [5.74, 6) is 0. The summed E-state index contributed by atoms with van der Waals surface area (Å²) in [5, 5.41) is 4.49. The van der Waals surface area contributed by atoms with Crippen molar-refractivity contribution in [2.24, 2.45) is 0 Å². The number of hydrogen-bond acceptors (Lipinski definition) is 4. The minimum atomic E-state index is 0.589. The van der Waals surface area contributed by atoms with Gasteiger partial charge in [-0.05, 0) is 29.8 Å². The summed E-state index contributed by atoms with van der Waals surface area (Å²) in [4.78, 5) is 4.44. The number of fused-ring (bicyclic) bond motifs is 1. The topological polar surface area (TPSA) is 77.0 Å². The maximum absolute atomic E-state index is 5.80. The lowest BCUT2D eigenvalue weighted by atomic mass is 10.1. The molecular formula is C16H16N4. The number of nitrogens with two attached hydrogens (primary N) is 2. The fourth-order valence-electron chi connectivity index (χ4n) is 2.19. The number of nitrogen functional groups attached to an aromatic ring is 2. The summed E-state index contributed by atoms with van der Waals surface area (Å²) in [6.45, 7) is 0.692. The number of rotatable bonds is 3. The van der Waals surface area contributed by atoms with Crippen LogP contribution in [0.4, 0.5) is 17.1 Å². The molecule has 3 aromatic rings. The van der Waals surface area contributed by atoms with Crippen molar-refractivity contribution in [1.29, 1.82) is 0 Å². The second-order valence-corrected chi connectivity index (χ2v) is 4.69. The van der Waals surface area contributed by atoms with E-state index in [1.165, 1.54) is 0 Å². The van der Waals surface area contributed by atoms with Crippen molar-refractivity contribution in [2.75, 3.05) is 16.8 Å². The molecule has 0 radical (unpaired) electrons. The van der Waals surface area contributed by atoms with Gasteiger partial charge in [-0.15, -0.1) is 0 Å². The van der Waals surface area contributed by atoms with Crippen LogP contribution >= 0.6 is 0 Å². The summed E-state index contributed by atoms with van der Waals surface area (Å²) in [5.41, 5.74) is 15.8. The van der Waals surface area contributed by atoms with E-state index in [4.69, 9.17) is 11.5 Å². The van der Waals surface area contributed by atoms with E-state index in [1.54, 1.807) is 6.07 Å². The molecule has 5 N–H and O–H groups in total. The molecule has 0 unspecified atom stereocenters. The third-order valence-corrected chi connectivity index (χ3v) is 3.29. The molecular weight excluding hydrogens is 248 g/mol. The summed E-state index contributed by atoms with van der Waals surface area (Å²) < 4.78 is 0. The van der Waals surface area contributed by atoms with Crippen LogP contribution in [0.1, 0.15) is 5.56 Å². The molecule has 0 saturated carbocycles. The van der Waals surface area contributed by atoms with Gasteiger partial charge in [-0.3, -0.25) is 4.98 Å². The molecule has 0 atom stereocenters. The Balaban J connectivity index is 1.85. The van der Waals surface area contributed by atoms with Crippen LogP contribution in [-0.4, -0.2) is 4.98 Å². The Morgan fingerprint density at radius 3 is 2.65 bits per heavy atom. The SMILES string of the molecule is Nc1ccc(NCc2cccc3cccnc23)cc1N. The summed E-state index contributed by atoms with van der Waals surface area (Å²) in [6, 6.07) is 15.7. The van der Waals surface area contributed by atoms with E-state index < -0.39 is 0 Å². The second kappa shape index (κ2) is 5.09. The van der Waals surface area contributed by atoms with Crippen LogP contribution in [0, 0.1) is 0 Å². The van der Waals surface area contributed by atoms with Crippen LogP contribution in [0.3, 0.4) is 0 Å². The third-order valence-electron chi connectivity index (χ3n) is 3.29. The van der Waals surface area contributed by atoms with Crippen LogP contribution in [-0.2, 0) is 6.54 Å². The van der Waals surface area contributed by atoms with Crippen molar-refractivity contribution >= 4 is 28.0 Å². The molecule has 0 saturated heterocycles. The quantitative estimate of drug-likeness (QED) is 0.635. The molecule has 0 aliphatic rings. The van der Waals surface area contributed by atoms with Crippen LogP contribution < -0.4 is 16.8 Å². The van der Waals surface area contributed by atoms with Gasteiger partial charge in [0.05, 0.1) is 16.9 Å². The fraction of sp³-hybridized carbons (Fsp3) is 0.0625. The van der Waals surface area contributed by atoms with E-state index in [0.717, 1.165) is 22.2 Å². The van der Waals surface area contributed by atoms with E-state index >= 15 is 0 Å². The molecule has 20 heavy (non-hydrogen) atoms. The predicted molar refractivity (Wildman–Crippen MR) is 84.3 cm³/mol. The maximum Gasteiger partial charge on any atom is 0.0751 e. The smallest absolute Gasteiger partial charge is 0.0751 e. The zero-order chi connectivity index (χ0) is 13.9. The Morgan fingerprint density at radius 2 is 1.80 bits per heavy atom. The zero-order valence-electron chi connectivity index (χ0n) is 11.0. The van der Waals surface area contributed by atoms with Gasteiger partial charge in [0.1, 0.15) is 0 Å². The highest BCUT2D eigenvalue weighted by atomic mass is 14.9. The average Bonchev–Trinajstić information content (AvgIpc) is 2.48. The van der Waals surface area contributed by atoms with E-state index in [2.05, 4.69) is 28.5 Å². The number of nitrogens with zero attached hydrogens (tertiary/aromatic N) is 1. The number of nitrogens with one attached hydrogen (secondary N) is 1. The van der Waals surface area contributed by atoms with E-state index in [-0.39, 0.29) is 0 Å². The fourth-order valence-corrected chi connectivity index (χ4v) is 2.19. The van der Waals surface area contributed by atoms with Gasteiger partial charge in [0.15, 0.2) is 0 Å². The lowest BCUT2D eigenvalue weighted by Gasteiger charge is -2.10. The van der Waals surface area contributed by atoms with Gasteiger partial charge in [-0.25, -0.2) is 0 Å². The highest BCUT2D eigenvalue weighted by Crippen LogP contribution is 2.21. The molecule has 2 aromatic carbocycles. The molecule has 4 heteroatoms. The number of pyridine rings is 1. The lowest BCUT2D eigenvalue weighted by Crippen LogP contribution is -2.02. The first kappa shape index (κ1) is 12.3. The van der Waals surface area contributed by atoms with Crippen LogP contribution in [0.2, 0.25) is 0 Å². The molecule has 0 bridgehead atoms. The van der Waals surface area contributed by atoms with Gasteiger partial charge in [0.25, 0.3) is 0 Å². The van der Waals surface area contributed by atoms with Crippen molar-refractivity contribution in [1.82, 2.24) is 4.98 Å². The molecule has 0 aliphatic carbocycles. The first-order chi connectivity index (χ1) is 9.74. The van der Waals surface area contributed by atoms with Crippen LogP contribution in [0.25, 0.3) is 10.9 Å². The van der Waals surface area contributed by atoms with Crippen molar-refractivity contribution in [3.63, 3.8) is 0 Å². The van der Waals surface area contributed by atoms with E-state index in [9.17, 15) is 0 Å². The molecule has 4 nitrogen and oxygen atoms in total. The van der Waals surface area contributed by atoms with E-state index in [0.29, 0.717) is 17.9 Å². The Kier molecular flexibility index (Phi) is 3.13. The normalized spacial score (nSPS) is 10.6. The number of para-hydroxylation sites is 1. The molecule has 100 valence electrons. The Morgan fingerprint density at radius 1 is 0.950 bits per heavy atom. The predicted octanol–water partition coefficient (Wildman–Crippen LogP) is 3.01. The summed E-state index contributed by atoms with van der Waals surface area (Å²) >= 11 is 0. The molecule has 1 aromatic heterocycles. The van der Waals surface area contributed by atoms with Gasteiger partial charge in [-0.2, -0.15) is 0 Å². The number of benzene rings is 2. The zero-order valence-corrected chi connectivity index (χ0v) is 11.0. The molecule has 0 amide bonds. The van der Waals surface area contributed by atoms with Crippen molar-refractivity contribution in [3.05, 3.63) is 60.3 Å². The van der Waals surface area contributed by atoms with Crippen molar-refractivity contribution in [2.45, 2.75) is 6.54 Å². The van der Waals surface area contributed by atoms with Gasteiger partial charge in [-0.1, -0.05) is 24.3 Å². The Labute approximate surface area is 117 Å². The molecule has 0 fully saturated rings. The average molecular weight is 264 g/mol. The third kappa shape index (κ3) is 2.36. The second-order valence-electron chi connectivity index (χ2n) is 4.69. The molecule has 0 aliphatic heterocycles.